The van der Waals surface area contributed by atoms with Crippen LogP contribution in [-0.2, 0) is 16.0 Å². The largest absolute Gasteiger partial charge is 0.421 e. The van der Waals surface area contributed by atoms with Crippen LogP contribution in [0.2, 0.25) is 0 Å². The van der Waals surface area contributed by atoms with Gasteiger partial charge in [0.15, 0.2) is 0 Å². The zero-order chi connectivity index (χ0) is 16.9. The summed E-state index contributed by atoms with van der Waals surface area (Å²) in [7, 11) is 0. The summed E-state index contributed by atoms with van der Waals surface area (Å²) in [5, 5.41) is 11.1. The maximum Gasteiger partial charge on any atom is 0.247 e. The van der Waals surface area contributed by atoms with Gasteiger partial charge in [0.2, 0.25) is 17.7 Å². The first-order valence-electron chi connectivity index (χ1n) is 8.42. The van der Waals surface area contributed by atoms with Crippen molar-refractivity contribution in [3.8, 4) is 11.5 Å². The van der Waals surface area contributed by atoms with Crippen LogP contribution in [0.15, 0.2) is 28.7 Å². The molecule has 0 bridgehead atoms. The fourth-order valence-electron chi connectivity index (χ4n) is 2.80. The lowest BCUT2D eigenvalue weighted by Gasteiger charge is -2.19. The van der Waals surface area contributed by atoms with Crippen molar-refractivity contribution < 1.29 is 13.9 Å². The maximum absolute atomic E-state index is 12.0. The smallest absolute Gasteiger partial charge is 0.247 e. The average molecular weight is 329 g/mol. The Morgan fingerprint density at radius 3 is 2.83 bits per heavy atom. The molecule has 2 heterocycles. The molecule has 2 aromatic rings. The molecule has 6 heteroatoms. The molecule has 1 fully saturated rings. The molecule has 24 heavy (non-hydrogen) atoms. The van der Waals surface area contributed by atoms with E-state index < -0.39 is 0 Å². The van der Waals surface area contributed by atoms with Crippen molar-refractivity contribution in [2.45, 2.75) is 51.7 Å². The molecule has 1 aliphatic rings. The van der Waals surface area contributed by atoms with Crippen LogP contribution in [0.1, 0.15) is 37.6 Å². The Morgan fingerprint density at radius 1 is 1.33 bits per heavy atom. The van der Waals surface area contributed by atoms with Crippen LogP contribution >= 0.6 is 0 Å². The molecule has 3 rings (SSSR count). The minimum absolute atomic E-state index is 0.0203. The number of carbonyl (C=O) groups excluding carboxylic acids is 1. The van der Waals surface area contributed by atoms with E-state index >= 15 is 0 Å². The van der Waals surface area contributed by atoms with Gasteiger partial charge >= 0.3 is 0 Å². The molecule has 0 radical (unpaired) electrons. The first kappa shape index (κ1) is 16.6. The summed E-state index contributed by atoms with van der Waals surface area (Å²) in [4.78, 5) is 12.0. The summed E-state index contributed by atoms with van der Waals surface area (Å²) < 4.78 is 11.2. The Labute approximate surface area is 141 Å². The Hall–Kier alpha value is -2.21. The number of carbonyl (C=O) groups is 1. The lowest BCUT2D eigenvalue weighted by Crippen LogP contribution is -2.40. The van der Waals surface area contributed by atoms with Crippen LogP contribution in [0.25, 0.3) is 11.5 Å². The molecule has 0 aliphatic carbocycles. The number of ether oxygens (including phenoxy) is 1. The van der Waals surface area contributed by atoms with Gasteiger partial charge in [-0.05, 0) is 38.8 Å². The van der Waals surface area contributed by atoms with Crippen molar-refractivity contribution in [3.63, 3.8) is 0 Å². The van der Waals surface area contributed by atoms with Gasteiger partial charge in [-0.25, -0.2) is 0 Å². The van der Waals surface area contributed by atoms with Crippen LogP contribution in [0.3, 0.4) is 0 Å². The van der Waals surface area contributed by atoms with E-state index in [9.17, 15) is 4.79 Å². The predicted octanol–water partition coefficient (Wildman–Crippen LogP) is 2.66. The van der Waals surface area contributed by atoms with Crippen molar-refractivity contribution in [2.75, 3.05) is 6.61 Å². The highest BCUT2D eigenvalue weighted by atomic mass is 16.5. The van der Waals surface area contributed by atoms with E-state index in [1.165, 1.54) is 5.56 Å². The minimum Gasteiger partial charge on any atom is -0.421 e. The second kappa shape index (κ2) is 7.57. The zero-order valence-electron chi connectivity index (χ0n) is 14.1. The number of nitrogens with one attached hydrogen (secondary N) is 1. The monoisotopic (exact) mass is 329 g/mol. The third-order valence-corrected chi connectivity index (χ3v) is 4.24. The molecular formula is C18H23N3O3. The van der Waals surface area contributed by atoms with E-state index in [4.69, 9.17) is 9.15 Å². The summed E-state index contributed by atoms with van der Waals surface area (Å²) in [6.45, 7) is 4.80. The van der Waals surface area contributed by atoms with Crippen molar-refractivity contribution in [1.82, 2.24) is 15.5 Å². The number of nitrogens with zero attached hydrogens (tertiary/aromatic N) is 2. The van der Waals surface area contributed by atoms with E-state index in [1.807, 2.05) is 38.1 Å². The Balaban J connectivity index is 1.49. The average Bonchev–Trinajstić information content (AvgIpc) is 3.25. The third kappa shape index (κ3) is 4.20. The Morgan fingerprint density at radius 2 is 2.12 bits per heavy atom. The molecule has 2 atom stereocenters. The van der Waals surface area contributed by atoms with Crippen LogP contribution in [0, 0.1) is 6.92 Å². The highest BCUT2D eigenvalue weighted by Crippen LogP contribution is 2.19. The molecule has 6 nitrogen and oxygen atoms in total. The van der Waals surface area contributed by atoms with Gasteiger partial charge in [0.1, 0.15) is 0 Å². The summed E-state index contributed by atoms with van der Waals surface area (Å²) in [6, 6.07) is 7.93. The minimum atomic E-state index is -0.0203. The lowest BCUT2D eigenvalue weighted by molar-refractivity contribution is -0.122. The highest BCUT2D eigenvalue weighted by molar-refractivity contribution is 5.76. The molecule has 0 saturated carbocycles. The van der Waals surface area contributed by atoms with Crippen LogP contribution < -0.4 is 5.32 Å². The van der Waals surface area contributed by atoms with E-state index in [1.54, 1.807) is 0 Å². The molecular weight excluding hydrogens is 306 g/mol. The SMILES string of the molecule is Cc1ccc(-c2nnc(CCC(=O)N[C@@H](C)[C@@H]3CCCO3)o2)cc1. The van der Waals surface area contributed by atoms with Gasteiger partial charge in [-0.3, -0.25) is 4.79 Å². The number of hydrogen-bond acceptors (Lipinski definition) is 5. The van der Waals surface area contributed by atoms with Gasteiger partial charge in [-0.1, -0.05) is 17.7 Å². The second-order valence-electron chi connectivity index (χ2n) is 6.27. The number of rotatable bonds is 6. The van der Waals surface area contributed by atoms with Crippen molar-refractivity contribution >= 4 is 5.91 Å². The van der Waals surface area contributed by atoms with Crippen LogP contribution in [-0.4, -0.2) is 34.9 Å². The fourth-order valence-corrected chi connectivity index (χ4v) is 2.80. The molecule has 0 spiro atoms. The summed E-state index contributed by atoms with van der Waals surface area (Å²) in [6.07, 6.45) is 2.96. The number of amides is 1. The highest BCUT2D eigenvalue weighted by Gasteiger charge is 2.23. The molecule has 128 valence electrons. The number of benzene rings is 1. The van der Waals surface area contributed by atoms with Gasteiger partial charge in [-0.2, -0.15) is 0 Å². The molecule has 1 amide bonds. The van der Waals surface area contributed by atoms with E-state index in [0.717, 1.165) is 25.0 Å². The van der Waals surface area contributed by atoms with Gasteiger partial charge in [-0.15, -0.1) is 10.2 Å². The fraction of sp³-hybridized carbons (Fsp3) is 0.500. The first-order valence-corrected chi connectivity index (χ1v) is 8.42. The first-order chi connectivity index (χ1) is 11.6. The molecule has 1 aliphatic heterocycles. The van der Waals surface area contributed by atoms with E-state index in [0.29, 0.717) is 24.6 Å². The molecule has 1 aromatic heterocycles. The maximum atomic E-state index is 12.0. The predicted molar refractivity (Wildman–Crippen MR) is 89.4 cm³/mol. The van der Waals surface area contributed by atoms with Crippen molar-refractivity contribution in [3.05, 3.63) is 35.7 Å². The number of aryl methyl sites for hydroxylation is 2. The summed E-state index contributed by atoms with van der Waals surface area (Å²) in [5.74, 6) is 0.941. The Kier molecular flexibility index (Phi) is 5.25. The molecule has 1 N–H and O–H groups in total. The van der Waals surface area contributed by atoms with E-state index in [-0.39, 0.29) is 18.1 Å². The zero-order valence-corrected chi connectivity index (χ0v) is 14.1. The summed E-state index contributed by atoms with van der Waals surface area (Å²) in [5.41, 5.74) is 2.06. The van der Waals surface area contributed by atoms with Crippen molar-refractivity contribution in [2.24, 2.45) is 0 Å². The third-order valence-electron chi connectivity index (χ3n) is 4.24. The number of hydrogen-bond donors (Lipinski definition) is 1. The van der Waals surface area contributed by atoms with Crippen LogP contribution in [0.5, 0.6) is 0 Å². The van der Waals surface area contributed by atoms with E-state index in [2.05, 4.69) is 15.5 Å². The topological polar surface area (TPSA) is 77.2 Å². The lowest BCUT2D eigenvalue weighted by atomic mass is 10.1. The normalized spacial score (nSPS) is 18.5. The van der Waals surface area contributed by atoms with Crippen molar-refractivity contribution in [1.29, 1.82) is 0 Å². The molecule has 0 unspecified atom stereocenters. The van der Waals surface area contributed by atoms with Crippen LogP contribution in [0.4, 0.5) is 0 Å². The second-order valence-corrected chi connectivity index (χ2v) is 6.27. The summed E-state index contributed by atoms with van der Waals surface area (Å²) >= 11 is 0. The molecule has 1 saturated heterocycles. The van der Waals surface area contributed by atoms with Gasteiger partial charge < -0.3 is 14.5 Å². The Bertz CT molecular complexity index is 675. The van der Waals surface area contributed by atoms with Gasteiger partial charge in [0.25, 0.3) is 0 Å². The number of aromatic nitrogens is 2. The van der Waals surface area contributed by atoms with Gasteiger partial charge in [0.05, 0.1) is 12.1 Å². The van der Waals surface area contributed by atoms with Gasteiger partial charge in [0, 0.05) is 25.0 Å². The quantitative estimate of drug-likeness (QED) is 0.881. The molecule has 1 aromatic carbocycles. The standard InChI is InChI=1S/C18H23N3O3/c1-12-5-7-14(8-6-12)18-21-20-17(24-18)10-9-16(22)19-13(2)15-4-3-11-23-15/h5-8,13,15H,3-4,9-11H2,1-2H3,(H,19,22)/t13-,15-/m0/s1.